The molecule has 2 aromatic carbocycles. The molecule has 1 saturated heterocycles. The number of hydrogen-bond acceptors (Lipinski definition) is 6. The Morgan fingerprint density at radius 2 is 1.77 bits per heavy atom. The highest BCUT2D eigenvalue weighted by Crippen LogP contribution is 2.25. The summed E-state index contributed by atoms with van der Waals surface area (Å²) in [5.74, 6) is -0.921. The summed E-state index contributed by atoms with van der Waals surface area (Å²) in [5, 5.41) is 2.65. The van der Waals surface area contributed by atoms with Crippen LogP contribution in [0.5, 0.6) is 0 Å². The molecule has 1 N–H and O–H groups in total. The van der Waals surface area contributed by atoms with E-state index in [0.29, 0.717) is 18.8 Å². The summed E-state index contributed by atoms with van der Waals surface area (Å²) in [5.41, 5.74) is 1.11. The summed E-state index contributed by atoms with van der Waals surface area (Å²) in [6.07, 6.45) is 2.73. The first-order valence-corrected chi connectivity index (χ1v) is 12.5. The van der Waals surface area contributed by atoms with Gasteiger partial charge in [0.15, 0.2) is 6.61 Å². The molecule has 166 valence electrons. The number of rotatable bonds is 8. The highest BCUT2D eigenvalue weighted by Gasteiger charge is 2.26. The van der Waals surface area contributed by atoms with Crippen LogP contribution >= 0.6 is 11.8 Å². The van der Waals surface area contributed by atoms with Crippen molar-refractivity contribution in [2.24, 2.45) is 0 Å². The lowest BCUT2D eigenvalue weighted by Crippen LogP contribution is -2.35. The third kappa shape index (κ3) is 6.56. The van der Waals surface area contributed by atoms with Crippen LogP contribution in [0, 0.1) is 6.92 Å². The molecular formula is C22H26N2O5S2. The quantitative estimate of drug-likeness (QED) is 0.477. The van der Waals surface area contributed by atoms with E-state index in [1.807, 2.05) is 30.3 Å². The second-order valence-corrected chi connectivity index (χ2v) is 10.2. The molecule has 0 atom stereocenters. The number of aryl methyl sites for hydroxylation is 1. The second-order valence-electron chi connectivity index (χ2n) is 7.25. The smallest absolute Gasteiger partial charge is 0.316 e. The largest absolute Gasteiger partial charge is 0.455 e. The predicted octanol–water partition coefficient (Wildman–Crippen LogP) is 3.44. The van der Waals surface area contributed by atoms with Crippen LogP contribution in [-0.4, -0.2) is 50.0 Å². The first-order chi connectivity index (χ1) is 14.9. The molecule has 0 radical (unpaired) electrons. The monoisotopic (exact) mass is 462 g/mol. The van der Waals surface area contributed by atoms with E-state index < -0.39 is 28.5 Å². The zero-order valence-corrected chi connectivity index (χ0v) is 19.0. The molecule has 0 saturated carbocycles. The number of anilines is 1. The van der Waals surface area contributed by atoms with Gasteiger partial charge in [0.05, 0.1) is 10.6 Å². The molecule has 0 aromatic heterocycles. The minimum atomic E-state index is -3.60. The number of nitrogens with zero attached hydrogens (tertiary/aromatic N) is 1. The zero-order chi connectivity index (χ0) is 22.3. The van der Waals surface area contributed by atoms with Gasteiger partial charge in [-0.05, 0) is 49.6 Å². The fraction of sp³-hybridized carbons (Fsp3) is 0.364. The Hall–Kier alpha value is -2.36. The van der Waals surface area contributed by atoms with E-state index in [-0.39, 0.29) is 10.6 Å². The number of hydrogen-bond donors (Lipinski definition) is 1. The van der Waals surface area contributed by atoms with Crippen LogP contribution in [0.4, 0.5) is 5.69 Å². The van der Waals surface area contributed by atoms with E-state index in [1.165, 1.54) is 22.1 Å². The molecule has 1 aliphatic rings. The molecule has 0 bridgehead atoms. The minimum absolute atomic E-state index is 0.0971. The van der Waals surface area contributed by atoms with Crippen molar-refractivity contribution in [1.82, 2.24) is 4.31 Å². The molecule has 3 rings (SSSR count). The maximum absolute atomic E-state index is 12.9. The van der Waals surface area contributed by atoms with E-state index in [2.05, 4.69) is 5.32 Å². The topological polar surface area (TPSA) is 92.8 Å². The average molecular weight is 463 g/mol. The van der Waals surface area contributed by atoms with Crippen LogP contribution in [0.25, 0.3) is 0 Å². The van der Waals surface area contributed by atoms with Gasteiger partial charge in [0.2, 0.25) is 10.0 Å². The van der Waals surface area contributed by atoms with Crippen molar-refractivity contribution in [2.75, 3.05) is 30.8 Å². The molecule has 7 nitrogen and oxygen atoms in total. The standard InChI is InChI=1S/C22H26N2O5S2/c1-17-10-11-19(31(27,28)24-12-6-3-7-13-24)14-20(17)23-21(25)15-29-22(26)16-30-18-8-4-2-5-9-18/h2,4-5,8-11,14H,3,6-7,12-13,15-16H2,1H3,(H,23,25). The molecule has 1 fully saturated rings. The Bertz CT molecular complexity index is 1020. The van der Waals surface area contributed by atoms with E-state index >= 15 is 0 Å². The van der Waals surface area contributed by atoms with E-state index in [1.54, 1.807) is 19.1 Å². The molecular weight excluding hydrogens is 436 g/mol. The molecule has 9 heteroatoms. The highest BCUT2D eigenvalue weighted by atomic mass is 32.2. The number of benzene rings is 2. The Balaban J connectivity index is 1.55. The maximum atomic E-state index is 12.9. The minimum Gasteiger partial charge on any atom is -0.455 e. The molecule has 0 unspecified atom stereocenters. The van der Waals surface area contributed by atoms with E-state index in [9.17, 15) is 18.0 Å². The Morgan fingerprint density at radius 1 is 1.06 bits per heavy atom. The van der Waals surface area contributed by atoms with E-state index in [4.69, 9.17) is 4.74 Å². The van der Waals surface area contributed by atoms with Crippen LogP contribution < -0.4 is 5.32 Å². The van der Waals surface area contributed by atoms with Crippen LogP contribution in [0.2, 0.25) is 0 Å². The molecule has 31 heavy (non-hydrogen) atoms. The Kier molecular flexibility index (Phi) is 8.11. The van der Waals surface area contributed by atoms with Gasteiger partial charge >= 0.3 is 5.97 Å². The Morgan fingerprint density at radius 3 is 2.48 bits per heavy atom. The van der Waals surface area contributed by atoms with Crippen molar-refractivity contribution in [3.8, 4) is 0 Å². The van der Waals surface area contributed by atoms with Crippen molar-refractivity contribution < 1.29 is 22.7 Å². The van der Waals surface area contributed by atoms with Crippen molar-refractivity contribution >= 4 is 39.3 Å². The highest BCUT2D eigenvalue weighted by molar-refractivity contribution is 8.00. The third-order valence-electron chi connectivity index (χ3n) is 4.90. The van der Waals surface area contributed by atoms with Gasteiger partial charge in [-0.2, -0.15) is 4.31 Å². The number of carbonyl (C=O) groups is 2. The fourth-order valence-electron chi connectivity index (χ4n) is 3.18. The van der Waals surface area contributed by atoms with Crippen LogP contribution in [0.1, 0.15) is 24.8 Å². The van der Waals surface area contributed by atoms with Crippen LogP contribution in [-0.2, 0) is 24.3 Å². The fourth-order valence-corrected chi connectivity index (χ4v) is 5.44. The number of amides is 1. The lowest BCUT2D eigenvalue weighted by atomic mass is 10.2. The number of nitrogens with one attached hydrogen (secondary N) is 1. The molecule has 0 aliphatic carbocycles. The first-order valence-electron chi connectivity index (χ1n) is 10.1. The summed E-state index contributed by atoms with van der Waals surface area (Å²) in [6, 6.07) is 14.1. The Labute approximate surface area is 187 Å². The van der Waals surface area contributed by atoms with Gasteiger partial charge in [-0.15, -0.1) is 11.8 Å². The van der Waals surface area contributed by atoms with Crippen molar-refractivity contribution in [3.63, 3.8) is 0 Å². The van der Waals surface area contributed by atoms with Gasteiger partial charge in [-0.1, -0.05) is 30.7 Å². The van der Waals surface area contributed by atoms with E-state index in [0.717, 1.165) is 29.7 Å². The number of sulfonamides is 1. The lowest BCUT2D eigenvalue weighted by Gasteiger charge is -2.26. The summed E-state index contributed by atoms with van der Waals surface area (Å²) >= 11 is 1.33. The molecule has 1 aliphatic heterocycles. The third-order valence-corrected chi connectivity index (χ3v) is 7.78. The number of ether oxygens (including phenoxy) is 1. The zero-order valence-electron chi connectivity index (χ0n) is 17.4. The molecule has 1 amide bonds. The number of piperidine rings is 1. The predicted molar refractivity (Wildman–Crippen MR) is 121 cm³/mol. The normalized spacial score (nSPS) is 14.7. The average Bonchev–Trinajstić information content (AvgIpc) is 2.79. The SMILES string of the molecule is Cc1ccc(S(=O)(=O)N2CCCCC2)cc1NC(=O)COC(=O)CSc1ccccc1. The first kappa shape index (κ1) is 23.3. The van der Waals surface area contributed by atoms with Crippen molar-refractivity contribution in [3.05, 3.63) is 54.1 Å². The van der Waals surface area contributed by atoms with Gasteiger partial charge in [0.1, 0.15) is 0 Å². The van der Waals surface area contributed by atoms with Crippen molar-refractivity contribution in [1.29, 1.82) is 0 Å². The number of esters is 1. The number of carbonyl (C=O) groups excluding carboxylic acids is 2. The molecule has 2 aromatic rings. The van der Waals surface area contributed by atoms with Crippen LogP contribution in [0.15, 0.2) is 58.3 Å². The van der Waals surface area contributed by atoms with Gasteiger partial charge < -0.3 is 10.1 Å². The number of thioether (sulfide) groups is 1. The summed E-state index contributed by atoms with van der Waals surface area (Å²) < 4.78 is 32.3. The van der Waals surface area contributed by atoms with Crippen molar-refractivity contribution in [2.45, 2.75) is 36.0 Å². The summed E-state index contributed by atoms with van der Waals surface area (Å²) in [6.45, 7) is 2.36. The van der Waals surface area contributed by atoms with Gasteiger partial charge in [0.25, 0.3) is 5.91 Å². The maximum Gasteiger partial charge on any atom is 0.316 e. The summed E-state index contributed by atoms with van der Waals surface area (Å²) in [7, 11) is -3.60. The molecule has 0 spiro atoms. The van der Waals surface area contributed by atoms with Gasteiger partial charge in [-0.25, -0.2) is 8.42 Å². The lowest BCUT2D eigenvalue weighted by molar-refractivity contribution is -0.144. The van der Waals surface area contributed by atoms with Gasteiger partial charge in [0, 0.05) is 23.7 Å². The van der Waals surface area contributed by atoms with Crippen LogP contribution in [0.3, 0.4) is 0 Å². The van der Waals surface area contributed by atoms with Gasteiger partial charge in [-0.3, -0.25) is 9.59 Å². The second kappa shape index (κ2) is 10.8. The molecule has 1 heterocycles. The summed E-state index contributed by atoms with van der Waals surface area (Å²) in [4.78, 5) is 25.2.